The van der Waals surface area contributed by atoms with Crippen molar-refractivity contribution in [2.75, 3.05) is 0 Å². The molecule has 0 unspecified atom stereocenters. The molecule has 0 bridgehead atoms. The topological polar surface area (TPSA) is 59.8 Å². The standard InChI is InChI=1S/C23H25BrN4O/c1-15-8-9-16(2)20(14-15)28-22(17-10-12-18(24)13-11-17)26-21(27-28)23(29)25-19-6-4-3-5-7-19/h8-14,19H,3-7H2,1-2H3,(H,25,29). The fourth-order valence-corrected chi connectivity index (χ4v) is 4.07. The lowest BCUT2D eigenvalue weighted by Gasteiger charge is -2.21. The third-order valence-electron chi connectivity index (χ3n) is 5.45. The lowest BCUT2D eigenvalue weighted by Crippen LogP contribution is -2.36. The van der Waals surface area contributed by atoms with Crippen LogP contribution in [-0.2, 0) is 0 Å². The van der Waals surface area contributed by atoms with Gasteiger partial charge in [-0.15, -0.1) is 5.10 Å². The zero-order chi connectivity index (χ0) is 20.4. The number of hydrogen-bond donors (Lipinski definition) is 1. The van der Waals surface area contributed by atoms with Crippen molar-refractivity contribution in [1.82, 2.24) is 20.1 Å². The molecule has 0 saturated heterocycles. The Morgan fingerprint density at radius 3 is 2.52 bits per heavy atom. The average molecular weight is 453 g/mol. The highest BCUT2D eigenvalue weighted by Crippen LogP contribution is 2.26. The molecule has 1 aliphatic rings. The van der Waals surface area contributed by atoms with Gasteiger partial charge in [0.25, 0.3) is 5.91 Å². The number of hydrogen-bond acceptors (Lipinski definition) is 3. The maximum atomic E-state index is 12.9. The fourth-order valence-electron chi connectivity index (χ4n) is 3.81. The molecule has 1 heterocycles. The molecule has 1 saturated carbocycles. The zero-order valence-electron chi connectivity index (χ0n) is 16.8. The molecule has 0 atom stereocenters. The zero-order valence-corrected chi connectivity index (χ0v) is 18.4. The minimum atomic E-state index is -0.195. The van der Waals surface area contributed by atoms with Crippen molar-refractivity contribution in [1.29, 1.82) is 0 Å². The van der Waals surface area contributed by atoms with E-state index in [-0.39, 0.29) is 17.8 Å². The molecular weight excluding hydrogens is 428 g/mol. The second kappa shape index (κ2) is 8.49. The SMILES string of the molecule is Cc1ccc(C)c(-n2nc(C(=O)NC3CCCCC3)nc2-c2ccc(Br)cc2)c1. The maximum absolute atomic E-state index is 12.9. The molecule has 1 N–H and O–H groups in total. The molecule has 1 aliphatic carbocycles. The van der Waals surface area contributed by atoms with Crippen LogP contribution in [0.15, 0.2) is 46.9 Å². The van der Waals surface area contributed by atoms with Crippen LogP contribution < -0.4 is 5.32 Å². The third-order valence-corrected chi connectivity index (χ3v) is 5.97. The molecule has 29 heavy (non-hydrogen) atoms. The Kier molecular flexibility index (Phi) is 5.81. The molecule has 3 aromatic rings. The summed E-state index contributed by atoms with van der Waals surface area (Å²) in [6.07, 6.45) is 5.64. The van der Waals surface area contributed by atoms with Crippen LogP contribution in [0.3, 0.4) is 0 Å². The van der Waals surface area contributed by atoms with Gasteiger partial charge in [-0.25, -0.2) is 9.67 Å². The van der Waals surface area contributed by atoms with Crippen LogP contribution in [0, 0.1) is 13.8 Å². The van der Waals surface area contributed by atoms with Gasteiger partial charge in [0.05, 0.1) is 5.69 Å². The van der Waals surface area contributed by atoms with Crippen LogP contribution in [0.5, 0.6) is 0 Å². The number of aryl methyl sites for hydroxylation is 2. The smallest absolute Gasteiger partial charge is 0.291 e. The first kappa shape index (κ1) is 19.8. The van der Waals surface area contributed by atoms with E-state index in [0.29, 0.717) is 5.82 Å². The summed E-state index contributed by atoms with van der Waals surface area (Å²) >= 11 is 3.48. The summed E-state index contributed by atoms with van der Waals surface area (Å²) in [5.41, 5.74) is 4.07. The minimum Gasteiger partial charge on any atom is -0.347 e. The van der Waals surface area contributed by atoms with E-state index in [1.54, 1.807) is 4.68 Å². The van der Waals surface area contributed by atoms with Gasteiger partial charge in [0.1, 0.15) is 0 Å². The molecule has 150 valence electrons. The Balaban J connectivity index is 1.75. The number of benzene rings is 2. The summed E-state index contributed by atoms with van der Waals surface area (Å²) in [5.74, 6) is 0.689. The average Bonchev–Trinajstić information content (AvgIpc) is 3.16. The number of carbonyl (C=O) groups excluding carboxylic acids is 1. The largest absolute Gasteiger partial charge is 0.347 e. The van der Waals surface area contributed by atoms with E-state index < -0.39 is 0 Å². The van der Waals surface area contributed by atoms with Crippen molar-refractivity contribution in [3.05, 3.63) is 63.9 Å². The lowest BCUT2D eigenvalue weighted by atomic mass is 9.95. The summed E-state index contributed by atoms with van der Waals surface area (Å²) < 4.78 is 2.79. The monoisotopic (exact) mass is 452 g/mol. The van der Waals surface area contributed by atoms with Gasteiger partial charge in [-0.05, 0) is 56.0 Å². The molecule has 0 radical (unpaired) electrons. The summed E-state index contributed by atoms with van der Waals surface area (Å²) in [6, 6.07) is 14.4. The quantitative estimate of drug-likeness (QED) is 0.578. The van der Waals surface area contributed by atoms with Crippen molar-refractivity contribution >= 4 is 21.8 Å². The number of nitrogens with zero attached hydrogens (tertiary/aromatic N) is 3. The van der Waals surface area contributed by atoms with Gasteiger partial charge in [-0.1, -0.05) is 59.5 Å². The number of halogens is 1. The van der Waals surface area contributed by atoms with Gasteiger partial charge in [-0.3, -0.25) is 4.79 Å². The first-order valence-electron chi connectivity index (χ1n) is 10.1. The predicted molar refractivity (Wildman–Crippen MR) is 118 cm³/mol. The van der Waals surface area contributed by atoms with Gasteiger partial charge < -0.3 is 5.32 Å². The van der Waals surface area contributed by atoms with Crippen LogP contribution in [-0.4, -0.2) is 26.7 Å². The molecule has 2 aromatic carbocycles. The highest BCUT2D eigenvalue weighted by atomic mass is 79.9. The van der Waals surface area contributed by atoms with Crippen LogP contribution in [0.1, 0.15) is 53.8 Å². The molecular formula is C23H25BrN4O. The number of amides is 1. The first-order valence-corrected chi connectivity index (χ1v) is 10.9. The van der Waals surface area contributed by atoms with E-state index in [4.69, 9.17) is 0 Å². The van der Waals surface area contributed by atoms with Crippen molar-refractivity contribution in [3.8, 4) is 17.1 Å². The molecule has 1 amide bonds. The van der Waals surface area contributed by atoms with Crippen molar-refractivity contribution in [2.45, 2.75) is 52.0 Å². The molecule has 6 heteroatoms. The fraction of sp³-hybridized carbons (Fsp3) is 0.348. The van der Waals surface area contributed by atoms with E-state index in [9.17, 15) is 4.79 Å². The van der Waals surface area contributed by atoms with E-state index in [2.05, 4.69) is 56.5 Å². The summed E-state index contributed by atoms with van der Waals surface area (Å²) in [4.78, 5) is 17.5. The minimum absolute atomic E-state index is 0.195. The highest BCUT2D eigenvalue weighted by molar-refractivity contribution is 9.10. The molecule has 0 aliphatic heterocycles. The Morgan fingerprint density at radius 1 is 1.07 bits per heavy atom. The van der Waals surface area contributed by atoms with Gasteiger partial charge in [0.2, 0.25) is 5.82 Å². The van der Waals surface area contributed by atoms with Gasteiger partial charge in [-0.2, -0.15) is 0 Å². The summed E-state index contributed by atoms with van der Waals surface area (Å²) in [7, 11) is 0. The number of carbonyl (C=O) groups is 1. The lowest BCUT2D eigenvalue weighted by molar-refractivity contribution is 0.0917. The van der Waals surface area contributed by atoms with E-state index in [0.717, 1.165) is 39.7 Å². The number of rotatable bonds is 4. The molecule has 1 aromatic heterocycles. The third kappa shape index (κ3) is 4.42. The molecule has 0 spiro atoms. The number of nitrogens with one attached hydrogen (secondary N) is 1. The van der Waals surface area contributed by atoms with E-state index >= 15 is 0 Å². The second-order valence-electron chi connectivity index (χ2n) is 7.78. The van der Waals surface area contributed by atoms with Crippen molar-refractivity contribution in [3.63, 3.8) is 0 Å². The van der Waals surface area contributed by atoms with Crippen molar-refractivity contribution < 1.29 is 4.79 Å². The van der Waals surface area contributed by atoms with Crippen LogP contribution in [0.4, 0.5) is 0 Å². The van der Waals surface area contributed by atoms with Crippen LogP contribution in [0.2, 0.25) is 0 Å². The van der Waals surface area contributed by atoms with Gasteiger partial charge in [0.15, 0.2) is 5.82 Å². The van der Waals surface area contributed by atoms with E-state index in [1.807, 2.05) is 31.2 Å². The van der Waals surface area contributed by atoms with Crippen LogP contribution >= 0.6 is 15.9 Å². The van der Waals surface area contributed by atoms with Crippen LogP contribution in [0.25, 0.3) is 17.1 Å². The molecule has 1 fully saturated rings. The molecule has 4 rings (SSSR count). The van der Waals surface area contributed by atoms with Gasteiger partial charge >= 0.3 is 0 Å². The molecule has 5 nitrogen and oxygen atoms in total. The van der Waals surface area contributed by atoms with Crippen molar-refractivity contribution in [2.24, 2.45) is 0 Å². The normalized spacial score (nSPS) is 14.7. The number of aromatic nitrogens is 3. The Labute approximate surface area is 179 Å². The summed E-state index contributed by atoms with van der Waals surface area (Å²) in [6.45, 7) is 4.10. The predicted octanol–water partition coefficient (Wildman–Crippen LogP) is 5.38. The Bertz CT molecular complexity index is 1020. The highest BCUT2D eigenvalue weighted by Gasteiger charge is 2.23. The second-order valence-corrected chi connectivity index (χ2v) is 8.69. The Hall–Kier alpha value is -2.47. The Morgan fingerprint density at radius 2 is 1.79 bits per heavy atom. The van der Waals surface area contributed by atoms with Gasteiger partial charge in [0, 0.05) is 16.1 Å². The summed E-state index contributed by atoms with van der Waals surface area (Å²) in [5, 5.41) is 7.76. The maximum Gasteiger partial charge on any atom is 0.291 e. The first-order chi connectivity index (χ1) is 14.0. The van der Waals surface area contributed by atoms with E-state index in [1.165, 1.54) is 19.3 Å².